The zero-order chi connectivity index (χ0) is 15.6. The van der Waals surface area contributed by atoms with Crippen LogP contribution in [0, 0.1) is 5.41 Å². The fourth-order valence-corrected chi connectivity index (χ4v) is 3.76. The van der Waals surface area contributed by atoms with E-state index in [2.05, 4.69) is 41.8 Å². The summed E-state index contributed by atoms with van der Waals surface area (Å²) in [6.45, 7) is 2.94. The Balaban J connectivity index is 1.46. The summed E-state index contributed by atoms with van der Waals surface area (Å²) < 4.78 is 0. The van der Waals surface area contributed by atoms with Crippen LogP contribution in [0.3, 0.4) is 0 Å². The van der Waals surface area contributed by atoms with Gasteiger partial charge < -0.3 is 15.7 Å². The minimum absolute atomic E-state index is 0.0708. The van der Waals surface area contributed by atoms with Gasteiger partial charge >= 0.3 is 6.03 Å². The number of aliphatic hydroxyl groups is 1. The first-order chi connectivity index (χ1) is 10.5. The molecule has 0 unspecified atom stereocenters. The van der Waals surface area contributed by atoms with E-state index in [1.165, 1.54) is 11.1 Å². The Morgan fingerprint density at radius 1 is 1.18 bits per heavy atom. The van der Waals surface area contributed by atoms with Crippen LogP contribution in [0.4, 0.5) is 4.79 Å². The summed E-state index contributed by atoms with van der Waals surface area (Å²) in [6.07, 6.45) is 5.19. The number of rotatable bonds is 3. The summed E-state index contributed by atoms with van der Waals surface area (Å²) in [4.78, 5) is 12.1. The van der Waals surface area contributed by atoms with Crippen LogP contribution >= 0.6 is 0 Å². The molecule has 0 heterocycles. The highest BCUT2D eigenvalue weighted by molar-refractivity contribution is 5.74. The van der Waals surface area contributed by atoms with E-state index in [1.54, 1.807) is 0 Å². The standard InChI is InChI=1S/C18H26N2O2/c1-18(10-13-4-2-3-5-14(13)11-18)12-19-17(22)20-15-6-8-16(21)9-7-15/h2-5,15-16,21H,6-12H2,1H3,(H2,19,20,22). The molecule has 0 radical (unpaired) electrons. The number of hydrogen-bond acceptors (Lipinski definition) is 2. The van der Waals surface area contributed by atoms with Crippen molar-refractivity contribution in [3.63, 3.8) is 0 Å². The van der Waals surface area contributed by atoms with Crippen LogP contribution in [-0.2, 0) is 12.8 Å². The smallest absolute Gasteiger partial charge is 0.315 e. The fourth-order valence-electron chi connectivity index (χ4n) is 3.76. The molecular weight excluding hydrogens is 276 g/mol. The number of urea groups is 1. The molecular formula is C18H26N2O2. The molecule has 120 valence electrons. The molecule has 2 aliphatic rings. The Morgan fingerprint density at radius 2 is 1.77 bits per heavy atom. The van der Waals surface area contributed by atoms with E-state index >= 15 is 0 Å². The highest BCUT2D eigenvalue weighted by Gasteiger charge is 2.33. The van der Waals surface area contributed by atoms with E-state index in [0.717, 1.165) is 38.5 Å². The largest absolute Gasteiger partial charge is 0.393 e. The first-order valence-corrected chi connectivity index (χ1v) is 8.33. The lowest BCUT2D eigenvalue weighted by Crippen LogP contribution is -2.47. The van der Waals surface area contributed by atoms with Gasteiger partial charge in [0.1, 0.15) is 0 Å². The van der Waals surface area contributed by atoms with Crippen molar-refractivity contribution in [3.05, 3.63) is 35.4 Å². The molecule has 3 rings (SSSR count). The van der Waals surface area contributed by atoms with Crippen molar-refractivity contribution in [2.24, 2.45) is 5.41 Å². The lowest BCUT2D eigenvalue weighted by atomic mass is 9.87. The number of carbonyl (C=O) groups excluding carboxylic acids is 1. The molecule has 0 atom stereocenters. The zero-order valence-corrected chi connectivity index (χ0v) is 13.3. The average molecular weight is 302 g/mol. The van der Waals surface area contributed by atoms with Gasteiger partial charge in [-0.2, -0.15) is 0 Å². The van der Waals surface area contributed by atoms with Gasteiger partial charge in [-0.05, 0) is 55.1 Å². The van der Waals surface area contributed by atoms with Gasteiger partial charge in [0.25, 0.3) is 0 Å². The van der Waals surface area contributed by atoms with Gasteiger partial charge in [-0.15, -0.1) is 0 Å². The van der Waals surface area contributed by atoms with Crippen molar-refractivity contribution >= 4 is 6.03 Å². The summed E-state index contributed by atoms with van der Waals surface area (Å²) in [7, 11) is 0. The second-order valence-electron chi connectivity index (χ2n) is 7.27. The van der Waals surface area contributed by atoms with Gasteiger partial charge in [-0.3, -0.25) is 0 Å². The topological polar surface area (TPSA) is 61.4 Å². The molecule has 4 heteroatoms. The van der Waals surface area contributed by atoms with Crippen LogP contribution in [0.15, 0.2) is 24.3 Å². The van der Waals surface area contributed by atoms with Gasteiger partial charge in [0, 0.05) is 12.6 Å². The Morgan fingerprint density at radius 3 is 2.36 bits per heavy atom. The van der Waals surface area contributed by atoms with Gasteiger partial charge in [0.15, 0.2) is 0 Å². The van der Waals surface area contributed by atoms with Crippen molar-refractivity contribution < 1.29 is 9.90 Å². The van der Waals surface area contributed by atoms with Crippen LogP contribution in [0.5, 0.6) is 0 Å². The molecule has 0 aliphatic heterocycles. The maximum absolute atomic E-state index is 12.1. The van der Waals surface area contributed by atoms with Crippen molar-refractivity contribution in [2.75, 3.05) is 6.54 Å². The van der Waals surface area contributed by atoms with E-state index in [-0.39, 0.29) is 23.6 Å². The van der Waals surface area contributed by atoms with Crippen molar-refractivity contribution in [2.45, 2.75) is 57.6 Å². The predicted octanol–water partition coefficient (Wildman–Crippen LogP) is 2.39. The molecule has 1 fully saturated rings. The molecule has 2 amide bonds. The van der Waals surface area contributed by atoms with Crippen molar-refractivity contribution in [1.82, 2.24) is 10.6 Å². The Labute approximate surface area is 132 Å². The zero-order valence-electron chi connectivity index (χ0n) is 13.3. The Kier molecular flexibility index (Phi) is 4.39. The lowest BCUT2D eigenvalue weighted by molar-refractivity contribution is 0.117. The third-order valence-corrected chi connectivity index (χ3v) is 5.06. The van der Waals surface area contributed by atoms with Gasteiger partial charge in [0.2, 0.25) is 0 Å². The average Bonchev–Trinajstić information content (AvgIpc) is 2.84. The first kappa shape index (κ1) is 15.3. The molecule has 0 aromatic heterocycles. The molecule has 0 saturated heterocycles. The fraction of sp³-hybridized carbons (Fsp3) is 0.611. The van der Waals surface area contributed by atoms with Gasteiger partial charge in [-0.25, -0.2) is 4.79 Å². The van der Waals surface area contributed by atoms with Crippen molar-refractivity contribution in [1.29, 1.82) is 0 Å². The van der Waals surface area contributed by atoms with E-state index in [0.29, 0.717) is 6.54 Å². The lowest BCUT2D eigenvalue weighted by Gasteiger charge is -2.28. The summed E-state index contributed by atoms with van der Waals surface area (Å²) in [5.41, 5.74) is 2.94. The first-order valence-electron chi connectivity index (χ1n) is 8.33. The normalized spacial score (nSPS) is 26.3. The Hall–Kier alpha value is -1.55. The molecule has 0 bridgehead atoms. The predicted molar refractivity (Wildman–Crippen MR) is 86.8 cm³/mol. The SMILES string of the molecule is CC1(CNC(=O)NC2CCC(O)CC2)Cc2ccccc2C1. The number of benzene rings is 1. The van der Waals surface area contributed by atoms with E-state index in [1.807, 2.05) is 0 Å². The van der Waals surface area contributed by atoms with E-state index in [9.17, 15) is 9.90 Å². The second kappa shape index (κ2) is 6.29. The quantitative estimate of drug-likeness (QED) is 0.803. The van der Waals surface area contributed by atoms with Crippen molar-refractivity contribution in [3.8, 4) is 0 Å². The van der Waals surface area contributed by atoms with Crippen LogP contribution in [0.2, 0.25) is 0 Å². The van der Waals surface area contributed by atoms with E-state index < -0.39 is 0 Å². The number of nitrogens with one attached hydrogen (secondary N) is 2. The minimum Gasteiger partial charge on any atom is -0.393 e. The third-order valence-electron chi connectivity index (χ3n) is 5.06. The molecule has 4 nitrogen and oxygen atoms in total. The molecule has 3 N–H and O–H groups in total. The molecule has 1 aromatic carbocycles. The Bertz CT molecular complexity index is 511. The monoisotopic (exact) mass is 302 g/mol. The maximum atomic E-state index is 12.1. The number of hydrogen-bond donors (Lipinski definition) is 3. The molecule has 1 saturated carbocycles. The number of amides is 2. The number of carbonyl (C=O) groups is 1. The summed E-state index contributed by atoms with van der Waals surface area (Å²) in [5.74, 6) is 0. The van der Waals surface area contributed by atoms with Crippen LogP contribution in [0.1, 0.15) is 43.7 Å². The van der Waals surface area contributed by atoms with Crippen LogP contribution in [0.25, 0.3) is 0 Å². The van der Waals surface area contributed by atoms with Gasteiger partial charge in [0.05, 0.1) is 6.10 Å². The summed E-state index contributed by atoms with van der Waals surface area (Å²) in [6, 6.07) is 8.68. The molecule has 2 aliphatic carbocycles. The molecule has 0 spiro atoms. The molecule has 22 heavy (non-hydrogen) atoms. The number of aliphatic hydroxyl groups excluding tert-OH is 1. The summed E-state index contributed by atoms with van der Waals surface area (Å²) in [5, 5.41) is 15.6. The highest BCUT2D eigenvalue weighted by Crippen LogP contribution is 2.35. The van der Waals surface area contributed by atoms with Gasteiger partial charge in [-0.1, -0.05) is 31.2 Å². The number of fused-ring (bicyclic) bond motifs is 1. The third kappa shape index (κ3) is 3.61. The highest BCUT2D eigenvalue weighted by atomic mass is 16.3. The summed E-state index contributed by atoms with van der Waals surface area (Å²) >= 11 is 0. The minimum atomic E-state index is -0.183. The van der Waals surface area contributed by atoms with Crippen LogP contribution in [-0.4, -0.2) is 29.8 Å². The second-order valence-corrected chi connectivity index (χ2v) is 7.27. The maximum Gasteiger partial charge on any atom is 0.315 e. The van der Waals surface area contributed by atoms with E-state index in [4.69, 9.17) is 0 Å². The van der Waals surface area contributed by atoms with Crippen LogP contribution < -0.4 is 10.6 Å². The molecule has 1 aromatic rings.